The molecule has 0 spiro atoms. The number of aliphatic hydroxyl groups is 1. The van der Waals surface area contributed by atoms with Crippen LogP contribution in [-0.4, -0.2) is 64.6 Å². The van der Waals surface area contributed by atoms with E-state index in [9.17, 15) is 9.59 Å². The van der Waals surface area contributed by atoms with Gasteiger partial charge in [-0.15, -0.1) is 0 Å². The fraction of sp³-hybridized carbons (Fsp3) is 0.375. The zero-order valence-electron chi connectivity index (χ0n) is 8.26. The Bertz CT molecular complexity index is 461. The van der Waals surface area contributed by atoms with Crippen molar-refractivity contribution >= 4 is 29.3 Å². The smallest absolute Gasteiger partial charge is 0.387 e. The minimum absolute atomic E-state index is 0.101. The van der Waals surface area contributed by atoms with Crippen molar-refractivity contribution in [1.29, 1.82) is 0 Å². The molecule has 0 aromatic carbocycles. The lowest BCUT2D eigenvalue weighted by Crippen LogP contribution is -2.51. The first-order valence-corrected chi connectivity index (χ1v) is 4.26. The molecule has 0 aromatic heterocycles. The molecule has 0 saturated heterocycles. The maximum atomic E-state index is 11.6. The average molecular weight is 209 g/mol. The minimum Gasteiger partial charge on any atom is -0.387 e. The standard InChI is InChI=1S/C8H9N4O3/c1-11-6-5(9-4(3-13)10-6)7(14)12(2)8(11)15/h13H,3H2,1-2H3/q+1. The van der Waals surface area contributed by atoms with Crippen molar-refractivity contribution in [2.45, 2.75) is 0 Å². The Balaban J connectivity index is 2.59. The number of carbonyl (C=O) groups excluding carboxylic acids is 2. The summed E-state index contributed by atoms with van der Waals surface area (Å²) < 4.78 is 1.23. The second kappa shape index (κ2) is 3.06. The van der Waals surface area contributed by atoms with Crippen LogP contribution >= 0.6 is 0 Å². The summed E-state index contributed by atoms with van der Waals surface area (Å²) >= 11 is 0. The number of imide groups is 1. The van der Waals surface area contributed by atoms with E-state index >= 15 is 0 Å². The average Bonchev–Trinajstić information content (AvgIpc) is 2.67. The fourth-order valence-corrected chi connectivity index (χ4v) is 1.39. The van der Waals surface area contributed by atoms with E-state index in [-0.39, 0.29) is 24.0 Å². The maximum absolute atomic E-state index is 11.6. The summed E-state index contributed by atoms with van der Waals surface area (Å²) in [7, 11) is 2.87. The molecular formula is C8H9N4O3+. The van der Waals surface area contributed by atoms with Crippen LogP contribution in [0.1, 0.15) is 0 Å². The monoisotopic (exact) mass is 209 g/mol. The van der Waals surface area contributed by atoms with Gasteiger partial charge in [0.15, 0.2) is 0 Å². The third kappa shape index (κ3) is 1.20. The lowest BCUT2D eigenvalue weighted by atomic mass is 10.2. The highest BCUT2D eigenvalue weighted by molar-refractivity contribution is 6.70. The van der Waals surface area contributed by atoms with Crippen LogP contribution in [-0.2, 0) is 4.79 Å². The minimum atomic E-state index is -0.500. The highest BCUT2D eigenvalue weighted by Gasteiger charge is 2.44. The molecule has 0 aliphatic carbocycles. The Labute approximate surface area is 85.1 Å². The van der Waals surface area contributed by atoms with Crippen molar-refractivity contribution in [3.05, 3.63) is 0 Å². The van der Waals surface area contributed by atoms with E-state index in [4.69, 9.17) is 5.11 Å². The first kappa shape index (κ1) is 9.66. The van der Waals surface area contributed by atoms with Crippen molar-refractivity contribution in [1.82, 2.24) is 4.90 Å². The molecule has 78 valence electrons. The quantitative estimate of drug-likeness (QED) is 0.531. The molecule has 3 amide bonds. The summed E-state index contributed by atoms with van der Waals surface area (Å²) in [6.45, 7) is -0.355. The number of aliphatic imine (C=N–C) groups is 2. The normalized spacial score (nSPS) is 20.6. The molecular weight excluding hydrogens is 200 g/mol. The van der Waals surface area contributed by atoms with Gasteiger partial charge >= 0.3 is 17.8 Å². The highest BCUT2D eigenvalue weighted by atomic mass is 16.3. The van der Waals surface area contributed by atoms with Crippen molar-refractivity contribution in [3.63, 3.8) is 0 Å². The van der Waals surface area contributed by atoms with E-state index in [1.165, 1.54) is 18.7 Å². The number of aliphatic hydroxyl groups excluding tert-OH is 1. The maximum Gasteiger partial charge on any atom is 0.446 e. The van der Waals surface area contributed by atoms with Crippen LogP contribution in [0.25, 0.3) is 0 Å². The van der Waals surface area contributed by atoms with Gasteiger partial charge in [-0.1, -0.05) is 4.99 Å². The number of amides is 3. The zero-order chi connectivity index (χ0) is 11.2. The molecule has 0 saturated carbocycles. The van der Waals surface area contributed by atoms with Crippen LogP contribution in [0, 0.1) is 0 Å². The molecule has 7 nitrogen and oxygen atoms in total. The second-order valence-corrected chi connectivity index (χ2v) is 3.18. The van der Waals surface area contributed by atoms with Crippen LogP contribution in [0.5, 0.6) is 0 Å². The number of nitrogens with zero attached hydrogens (tertiary/aromatic N) is 4. The van der Waals surface area contributed by atoms with Crippen LogP contribution in [0.3, 0.4) is 0 Å². The molecule has 15 heavy (non-hydrogen) atoms. The van der Waals surface area contributed by atoms with Gasteiger partial charge in [-0.05, 0) is 0 Å². The summed E-state index contributed by atoms with van der Waals surface area (Å²) in [6, 6.07) is -0.461. The zero-order valence-corrected chi connectivity index (χ0v) is 8.26. The number of carbonyl (C=O) groups is 2. The molecule has 2 heterocycles. The van der Waals surface area contributed by atoms with Crippen molar-refractivity contribution in [3.8, 4) is 0 Å². The van der Waals surface area contributed by atoms with Crippen molar-refractivity contribution in [2.75, 3.05) is 20.7 Å². The third-order valence-corrected chi connectivity index (χ3v) is 2.23. The molecule has 2 aliphatic heterocycles. The lowest BCUT2D eigenvalue weighted by molar-refractivity contribution is -0.401. The van der Waals surface area contributed by atoms with Crippen LogP contribution in [0.15, 0.2) is 9.98 Å². The third-order valence-electron chi connectivity index (χ3n) is 2.23. The van der Waals surface area contributed by atoms with E-state index in [2.05, 4.69) is 9.98 Å². The lowest BCUT2D eigenvalue weighted by Gasteiger charge is -2.15. The number of fused-ring (bicyclic) bond motifs is 1. The molecule has 7 heteroatoms. The van der Waals surface area contributed by atoms with Gasteiger partial charge in [0, 0.05) is 0 Å². The van der Waals surface area contributed by atoms with E-state index in [0.717, 1.165) is 4.90 Å². The molecule has 0 aromatic rings. The van der Waals surface area contributed by atoms with Crippen molar-refractivity contribution < 1.29 is 19.3 Å². The van der Waals surface area contributed by atoms with E-state index < -0.39 is 11.9 Å². The van der Waals surface area contributed by atoms with Crippen LogP contribution < -0.4 is 0 Å². The number of rotatable bonds is 1. The SMILES string of the molecule is CN1C(=O)C2=NC(CO)=NC2=[N+](C)C1=O. The molecule has 2 aliphatic rings. The van der Waals surface area contributed by atoms with Gasteiger partial charge < -0.3 is 5.11 Å². The van der Waals surface area contributed by atoms with E-state index in [1.807, 2.05) is 0 Å². The predicted octanol–water partition coefficient (Wildman–Crippen LogP) is -1.54. The van der Waals surface area contributed by atoms with E-state index in [0.29, 0.717) is 0 Å². The molecule has 1 N–H and O–H groups in total. The molecule has 2 rings (SSSR count). The summed E-state index contributed by atoms with van der Waals surface area (Å²) in [5.74, 6) is -0.157. The second-order valence-electron chi connectivity index (χ2n) is 3.18. The first-order valence-electron chi connectivity index (χ1n) is 4.26. The van der Waals surface area contributed by atoms with Gasteiger partial charge in [0.2, 0.25) is 11.5 Å². The van der Waals surface area contributed by atoms with Crippen LogP contribution in [0.4, 0.5) is 4.79 Å². The van der Waals surface area contributed by atoms with Crippen LogP contribution in [0.2, 0.25) is 0 Å². The predicted molar refractivity (Wildman–Crippen MR) is 51.3 cm³/mol. The number of urea groups is 1. The Morgan fingerprint density at radius 1 is 1.40 bits per heavy atom. The number of hydrogen-bond donors (Lipinski definition) is 1. The summed E-state index contributed by atoms with van der Waals surface area (Å²) in [5, 5.41) is 8.84. The summed E-state index contributed by atoms with van der Waals surface area (Å²) in [4.78, 5) is 31.8. The highest BCUT2D eigenvalue weighted by Crippen LogP contribution is 2.09. The topological polar surface area (TPSA) is 85.3 Å². The molecule has 0 atom stereocenters. The molecule has 0 fully saturated rings. The molecule has 0 radical (unpaired) electrons. The Kier molecular flexibility index (Phi) is 1.97. The Morgan fingerprint density at radius 3 is 2.67 bits per heavy atom. The molecule has 0 bridgehead atoms. The van der Waals surface area contributed by atoms with Gasteiger partial charge in [-0.25, -0.2) is 14.6 Å². The van der Waals surface area contributed by atoms with Gasteiger partial charge in [-0.2, -0.15) is 9.48 Å². The van der Waals surface area contributed by atoms with Gasteiger partial charge in [-0.3, -0.25) is 0 Å². The fourth-order valence-electron chi connectivity index (χ4n) is 1.39. The van der Waals surface area contributed by atoms with Gasteiger partial charge in [0.25, 0.3) is 0 Å². The molecule has 0 unspecified atom stereocenters. The number of hydrogen-bond acceptors (Lipinski definition) is 5. The number of amidine groups is 2. The summed E-state index contributed by atoms with van der Waals surface area (Å²) in [5.41, 5.74) is 0.101. The van der Waals surface area contributed by atoms with Gasteiger partial charge in [0.1, 0.15) is 6.61 Å². The summed E-state index contributed by atoms with van der Waals surface area (Å²) in [6.07, 6.45) is 0. The Hall–Kier alpha value is -1.89. The largest absolute Gasteiger partial charge is 0.446 e. The first-order chi connectivity index (χ1) is 7.06. The Morgan fingerprint density at radius 2 is 2.07 bits per heavy atom. The van der Waals surface area contributed by atoms with Crippen molar-refractivity contribution in [2.24, 2.45) is 9.98 Å². The van der Waals surface area contributed by atoms with Gasteiger partial charge in [0.05, 0.1) is 14.1 Å². The van der Waals surface area contributed by atoms with E-state index in [1.54, 1.807) is 0 Å².